The highest BCUT2D eigenvalue weighted by Gasteiger charge is 2.22. The molecular formula is C21H20N2O4. The lowest BCUT2D eigenvalue weighted by Crippen LogP contribution is -2.28. The molecule has 0 saturated carbocycles. The van der Waals surface area contributed by atoms with Crippen molar-refractivity contribution >= 4 is 23.6 Å². The molecule has 0 spiro atoms. The zero-order chi connectivity index (χ0) is 18.6. The summed E-state index contributed by atoms with van der Waals surface area (Å²) in [7, 11) is 0. The van der Waals surface area contributed by atoms with Crippen LogP contribution in [-0.4, -0.2) is 36.6 Å². The molecular weight excluding hydrogens is 344 g/mol. The van der Waals surface area contributed by atoms with E-state index in [4.69, 9.17) is 9.47 Å². The molecule has 0 unspecified atom stereocenters. The van der Waals surface area contributed by atoms with E-state index in [-0.39, 0.29) is 18.6 Å². The summed E-state index contributed by atoms with van der Waals surface area (Å²) in [5, 5.41) is 2.81. The maximum atomic E-state index is 12.7. The first-order valence-corrected chi connectivity index (χ1v) is 8.98. The maximum absolute atomic E-state index is 12.7. The molecule has 2 aromatic carbocycles. The highest BCUT2D eigenvalue weighted by molar-refractivity contribution is 6.07. The van der Waals surface area contributed by atoms with Gasteiger partial charge in [0.2, 0.25) is 12.7 Å². The second-order valence-corrected chi connectivity index (χ2v) is 6.48. The predicted octanol–water partition coefficient (Wildman–Crippen LogP) is 3.30. The number of carbonyl (C=O) groups is 2. The van der Waals surface area contributed by atoms with Crippen LogP contribution in [0.4, 0.5) is 5.69 Å². The SMILES string of the molecule is O=C(C=Cc1ccc2c(c1)OCO2)Nc1ccccc1C(=O)N1CCCC1. The standard InChI is InChI=1S/C21H20N2O4/c24-20(10-8-15-7-9-18-19(13-15)27-14-26-18)22-17-6-2-1-5-16(17)21(25)23-11-3-4-12-23/h1-2,5-10,13H,3-4,11-12,14H2,(H,22,24). The van der Waals surface area contributed by atoms with Crippen LogP contribution in [0.25, 0.3) is 6.08 Å². The van der Waals surface area contributed by atoms with E-state index in [1.807, 2.05) is 23.1 Å². The predicted molar refractivity (Wildman–Crippen MR) is 102 cm³/mol. The number of ether oxygens (including phenoxy) is 2. The monoisotopic (exact) mass is 364 g/mol. The zero-order valence-electron chi connectivity index (χ0n) is 14.8. The van der Waals surface area contributed by atoms with Gasteiger partial charge in [-0.3, -0.25) is 9.59 Å². The number of fused-ring (bicyclic) bond motifs is 1. The quantitative estimate of drug-likeness (QED) is 0.846. The molecule has 4 rings (SSSR count). The Kier molecular flexibility index (Phi) is 4.78. The molecule has 2 aliphatic heterocycles. The van der Waals surface area contributed by atoms with Gasteiger partial charge in [0, 0.05) is 19.2 Å². The normalized spacial score (nSPS) is 15.3. The van der Waals surface area contributed by atoms with Crippen LogP contribution in [-0.2, 0) is 4.79 Å². The number of amides is 2. The molecule has 1 fully saturated rings. The van der Waals surface area contributed by atoms with E-state index in [0.717, 1.165) is 31.5 Å². The number of hydrogen-bond donors (Lipinski definition) is 1. The molecule has 0 aliphatic carbocycles. The highest BCUT2D eigenvalue weighted by Crippen LogP contribution is 2.32. The average Bonchev–Trinajstić information content (AvgIpc) is 3.37. The van der Waals surface area contributed by atoms with Gasteiger partial charge in [-0.05, 0) is 48.7 Å². The second kappa shape index (κ2) is 7.53. The van der Waals surface area contributed by atoms with Gasteiger partial charge in [-0.15, -0.1) is 0 Å². The van der Waals surface area contributed by atoms with Crippen molar-refractivity contribution in [2.24, 2.45) is 0 Å². The molecule has 2 aromatic rings. The average molecular weight is 364 g/mol. The Labute approximate surface area is 157 Å². The fraction of sp³-hybridized carbons (Fsp3) is 0.238. The lowest BCUT2D eigenvalue weighted by Gasteiger charge is -2.17. The lowest BCUT2D eigenvalue weighted by molar-refractivity contribution is -0.111. The lowest BCUT2D eigenvalue weighted by atomic mass is 10.1. The minimum Gasteiger partial charge on any atom is -0.454 e. The van der Waals surface area contributed by atoms with E-state index in [9.17, 15) is 9.59 Å². The van der Waals surface area contributed by atoms with Gasteiger partial charge in [0.15, 0.2) is 11.5 Å². The van der Waals surface area contributed by atoms with Crippen molar-refractivity contribution < 1.29 is 19.1 Å². The smallest absolute Gasteiger partial charge is 0.255 e. The fourth-order valence-corrected chi connectivity index (χ4v) is 3.23. The summed E-state index contributed by atoms with van der Waals surface area (Å²) in [6.07, 6.45) is 5.19. The van der Waals surface area contributed by atoms with Crippen LogP contribution in [0, 0.1) is 0 Å². The third kappa shape index (κ3) is 3.79. The van der Waals surface area contributed by atoms with Crippen LogP contribution in [0.15, 0.2) is 48.5 Å². The number of benzene rings is 2. The minimum atomic E-state index is -0.297. The molecule has 0 atom stereocenters. The van der Waals surface area contributed by atoms with Gasteiger partial charge >= 0.3 is 0 Å². The molecule has 6 heteroatoms. The van der Waals surface area contributed by atoms with Crippen LogP contribution >= 0.6 is 0 Å². The van der Waals surface area contributed by atoms with Gasteiger partial charge in [0.05, 0.1) is 11.3 Å². The fourth-order valence-electron chi connectivity index (χ4n) is 3.23. The molecule has 27 heavy (non-hydrogen) atoms. The van der Waals surface area contributed by atoms with Crippen LogP contribution < -0.4 is 14.8 Å². The third-order valence-corrected chi connectivity index (χ3v) is 4.63. The number of nitrogens with zero attached hydrogens (tertiary/aromatic N) is 1. The molecule has 138 valence electrons. The van der Waals surface area contributed by atoms with Crippen LogP contribution in [0.2, 0.25) is 0 Å². The van der Waals surface area contributed by atoms with Crippen molar-refractivity contribution in [1.29, 1.82) is 0 Å². The Balaban J connectivity index is 1.46. The van der Waals surface area contributed by atoms with E-state index in [1.165, 1.54) is 6.08 Å². The number of likely N-dealkylation sites (tertiary alicyclic amines) is 1. The van der Waals surface area contributed by atoms with Crippen LogP contribution in [0.5, 0.6) is 11.5 Å². The zero-order valence-corrected chi connectivity index (χ0v) is 14.8. The Morgan fingerprint density at radius 1 is 1.00 bits per heavy atom. The first-order valence-electron chi connectivity index (χ1n) is 8.98. The summed E-state index contributed by atoms with van der Waals surface area (Å²) >= 11 is 0. The summed E-state index contributed by atoms with van der Waals surface area (Å²) in [4.78, 5) is 26.8. The molecule has 2 amide bonds. The number of anilines is 1. The van der Waals surface area contributed by atoms with E-state index >= 15 is 0 Å². The van der Waals surface area contributed by atoms with Gasteiger partial charge < -0.3 is 19.7 Å². The van der Waals surface area contributed by atoms with Gasteiger partial charge in [-0.25, -0.2) is 0 Å². The van der Waals surface area contributed by atoms with Gasteiger partial charge in [0.1, 0.15) is 0 Å². The van der Waals surface area contributed by atoms with Crippen LogP contribution in [0.3, 0.4) is 0 Å². The van der Waals surface area contributed by atoms with Gasteiger partial charge in [-0.2, -0.15) is 0 Å². The first-order chi connectivity index (χ1) is 13.2. The largest absolute Gasteiger partial charge is 0.454 e. The Morgan fingerprint density at radius 3 is 2.63 bits per heavy atom. The molecule has 1 saturated heterocycles. The number of para-hydroxylation sites is 1. The van der Waals surface area contributed by atoms with E-state index in [1.54, 1.807) is 30.3 Å². The van der Waals surface area contributed by atoms with Gasteiger partial charge in [0.25, 0.3) is 5.91 Å². The van der Waals surface area contributed by atoms with Gasteiger partial charge in [-0.1, -0.05) is 18.2 Å². The summed E-state index contributed by atoms with van der Waals surface area (Å²) in [6, 6.07) is 12.6. The minimum absolute atomic E-state index is 0.0387. The molecule has 6 nitrogen and oxygen atoms in total. The maximum Gasteiger partial charge on any atom is 0.255 e. The Morgan fingerprint density at radius 2 is 1.78 bits per heavy atom. The summed E-state index contributed by atoms with van der Waals surface area (Å²) in [5.74, 6) is 1.03. The highest BCUT2D eigenvalue weighted by atomic mass is 16.7. The number of hydrogen-bond acceptors (Lipinski definition) is 4. The topological polar surface area (TPSA) is 67.9 Å². The molecule has 0 bridgehead atoms. The summed E-state index contributed by atoms with van der Waals surface area (Å²) in [5.41, 5.74) is 1.87. The molecule has 2 aliphatic rings. The van der Waals surface area contributed by atoms with Crippen molar-refractivity contribution in [3.8, 4) is 11.5 Å². The molecule has 2 heterocycles. The van der Waals surface area contributed by atoms with Crippen molar-refractivity contribution in [2.75, 3.05) is 25.2 Å². The van der Waals surface area contributed by atoms with Crippen molar-refractivity contribution in [2.45, 2.75) is 12.8 Å². The van der Waals surface area contributed by atoms with E-state index < -0.39 is 0 Å². The van der Waals surface area contributed by atoms with Crippen molar-refractivity contribution in [3.63, 3.8) is 0 Å². The van der Waals surface area contributed by atoms with E-state index in [0.29, 0.717) is 22.7 Å². The molecule has 0 radical (unpaired) electrons. The van der Waals surface area contributed by atoms with Crippen molar-refractivity contribution in [1.82, 2.24) is 4.90 Å². The van der Waals surface area contributed by atoms with E-state index in [2.05, 4.69) is 5.32 Å². The molecule has 1 N–H and O–H groups in total. The summed E-state index contributed by atoms with van der Waals surface area (Å²) < 4.78 is 10.6. The first kappa shape index (κ1) is 17.1. The van der Waals surface area contributed by atoms with Crippen LogP contribution in [0.1, 0.15) is 28.8 Å². The number of rotatable bonds is 4. The number of nitrogens with one attached hydrogen (secondary N) is 1. The van der Waals surface area contributed by atoms with Crippen molar-refractivity contribution in [3.05, 3.63) is 59.7 Å². The Bertz CT molecular complexity index is 901. The number of carbonyl (C=O) groups excluding carboxylic acids is 2. The summed E-state index contributed by atoms with van der Waals surface area (Å²) in [6.45, 7) is 1.75. The second-order valence-electron chi connectivity index (χ2n) is 6.48. The third-order valence-electron chi connectivity index (χ3n) is 4.63. The molecule has 0 aromatic heterocycles. The Hall–Kier alpha value is -3.28.